The second-order valence-electron chi connectivity index (χ2n) is 12.0. The lowest BCUT2D eigenvalue weighted by molar-refractivity contribution is -0.152. The van der Waals surface area contributed by atoms with E-state index in [-0.39, 0.29) is 22.2 Å². The van der Waals surface area contributed by atoms with E-state index in [1.165, 1.54) is 23.8 Å². The van der Waals surface area contributed by atoms with Crippen molar-refractivity contribution < 1.29 is 14.6 Å². The number of hydrogen-bond donors (Lipinski definition) is 1. The fourth-order valence-corrected chi connectivity index (χ4v) is 6.53. The van der Waals surface area contributed by atoms with Crippen molar-refractivity contribution in [2.24, 2.45) is 5.41 Å². The molecule has 0 amide bonds. The van der Waals surface area contributed by atoms with Gasteiger partial charge in [0.15, 0.2) is 0 Å². The van der Waals surface area contributed by atoms with Crippen LogP contribution in [0, 0.1) is 5.41 Å². The Labute approximate surface area is 258 Å². The van der Waals surface area contributed by atoms with Gasteiger partial charge in [0.2, 0.25) is 0 Å². The van der Waals surface area contributed by atoms with Gasteiger partial charge in [0.25, 0.3) is 0 Å². The molecule has 0 aliphatic rings. The number of ether oxygens (including phenoxy) is 1. The van der Waals surface area contributed by atoms with Crippen LogP contribution < -0.4 is 0 Å². The molecule has 234 valence electrons. The van der Waals surface area contributed by atoms with Crippen molar-refractivity contribution >= 4 is 5.97 Å². The lowest BCUT2D eigenvalue weighted by Crippen LogP contribution is -2.42. The van der Waals surface area contributed by atoms with Crippen LogP contribution in [0.1, 0.15) is 112 Å². The van der Waals surface area contributed by atoms with Gasteiger partial charge in [0.05, 0.1) is 12.5 Å². The van der Waals surface area contributed by atoms with Crippen molar-refractivity contribution in [3.05, 3.63) is 108 Å². The van der Waals surface area contributed by atoms with E-state index < -0.39 is 5.41 Å². The van der Waals surface area contributed by atoms with Crippen LogP contribution in [0.4, 0.5) is 0 Å². The second-order valence-corrected chi connectivity index (χ2v) is 12.0. The highest BCUT2D eigenvalue weighted by atomic mass is 16.5. The molecule has 42 heavy (non-hydrogen) atoms. The minimum atomic E-state index is -0.607. The van der Waals surface area contributed by atoms with Gasteiger partial charge in [0, 0.05) is 7.11 Å². The van der Waals surface area contributed by atoms with Crippen LogP contribution >= 0.6 is 0 Å². The molecular formula is C39H60O3. The molecule has 0 saturated heterocycles. The number of esters is 1. The predicted octanol–water partition coefficient (Wildman–Crippen LogP) is 10.3. The fourth-order valence-electron chi connectivity index (χ4n) is 6.53. The van der Waals surface area contributed by atoms with Crippen LogP contribution in [0.5, 0.6) is 0 Å². The van der Waals surface area contributed by atoms with Crippen molar-refractivity contribution in [2.75, 3.05) is 14.2 Å². The molecule has 0 bridgehead atoms. The predicted molar refractivity (Wildman–Crippen MR) is 182 cm³/mol. The van der Waals surface area contributed by atoms with Gasteiger partial charge in [-0.2, -0.15) is 0 Å². The topological polar surface area (TPSA) is 46.5 Å². The van der Waals surface area contributed by atoms with E-state index in [0.717, 1.165) is 26.4 Å². The van der Waals surface area contributed by atoms with Gasteiger partial charge >= 0.3 is 5.97 Å². The number of carbonyl (C=O) groups is 1. The van der Waals surface area contributed by atoms with Crippen molar-refractivity contribution in [3.8, 4) is 0 Å². The third-order valence-electron chi connectivity index (χ3n) is 8.32. The number of rotatable bonds is 11. The Bertz CT molecular complexity index is 1110. The maximum absolute atomic E-state index is 12.8. The Hall–Kier alpha value is -2.91. The van der Waals surface area contributed by atoms with Crippen molar-refractivity contribution in [1.82, 2.24) is 0 Å². The largest absolute Gasteiger partial charge is 0.469 e. The molecular weight excluding hydrogens is 516 g/mol. The van der Waals surface area contributed by atoms with E-state index in [0.29, 0.717) is 6.42 Å². The SMILES string of the molecule is CC.CC.CCC(C)(CC(C)(CC(C)(CC(C)(C)C(=O)OC)c1ccccc1)c1ccccc1)c1ccccc1.CO. The number of hydrogen-bond acceptors (Lipinski definition) is 3. The van der Waals surface area contributed by atoms with Crippen molar-refractivity contribution in [1.29, 1.82) is 0 Å². The Balaban J connectivity index is 0.00000263. The minimum Gasteiger partial charge on any atom is -0.469 e. The number of carbonyl (C=O) groups excluding carboxylic acids is 1. The molecule has 3 aromatic rings. The van der Waals surface area contributed by atoms with Gasteiger partial charge in [-0.15, -0.1) is 0 Å². The van der Waals surface area contributed by atoms with Gasteiger partial charge in [-0.25, -0.2) is 0 Å². The zero-order valence-corrected chi connectivity index (χ0v) is 28.8. The van der Waals surface area contributed by atoms with Crippen LogP contribution in [0.3, 0.4) is 0 Å². The highest BCUT2D eigenvalue weighted by Crippen LogP contribution is 2.51. The first-order valence-corrected chi connectivity index (χ1v) is 15.7. The Kier molecular flexibility index (Phi) is 17.3. The molecule has 3 nitrogen and oxygen atoms in total. The lowest BCUT2D eigenvalue weighted by Gasteiger charge is -2.47. The van der Waals surface area contributed by atoms with Gasteiger partial charge in [0.1, 0.15) is 0 Å². The third-order valence-corrected chi connectivity index (χ3v) is 8.32. The molecule has 1 N–H and O–H groups in total. The second kappa shape index (κ2) is 18.6. The maximum Gasteiger partial charge on any atom is 0.311 e. The summed E-state index contributed by atoms with van der Waals surface area (Å²) in [6.07, 6.45) is 3.67. The molecule has 0 aromatic heterocycles. The highest BCUT2D eigenvalue weighted by molar-refractivity contribution is 5.76. The molecule has 0 spiro atoms. The standard InChI is InChI=1S/C34H44O2.2C2H6.CH4O/c1-8-32(4,27-18-12-9-13-19-27)25-34(6,29-22-16-11-17-23-29)26-33(5,28-20-14-10-15-21-28)24-31(2,3)30(35)36-7;3*1-2/h9-23H,8,24-26H2,1-7H3;2*1-2H3;2H,1H3. The Morgan fingerprint density at radius 3 is 1.17 bits per heavy atom. The highest BCUT2D eigenvalue weighted by Gasteiger charge is 2.46. The molecule has 0 aliphatic heterocycles. The normalized spacial score (nSPS) is 14.9. The summed E-state index contributed by atoms with van der Waals surface area (Å²) < 4.78 is 5.23. The zero-order valence-electron chi connectivity index (χ0n) is 28.8. The summed E-state index contributed by atoms with van der Waals surface area (Å²) >= 11 is 0. The summed E-state index contributed by atoms with van der Waals surface area (Å²) in [7, 11) is 2.49. The molecule has 0 aliphatic carbocycles. The van der Waals surface area contributed by atoms with E-state index >= 15 is 0 Å². The number of aliphatic hydroxyl groups is 1. The summed E-state index contributed by atoms with van der Waals surface area (Å²) in [5.41, 5.74) is 3.03. The molecule has 3 atom stereocenters. The average molecular weight is 577 g/mol. The molecule has 3 aromatic carbocycles. The van der Waals surface area contributed by atoms with Gasteiger partial charge in [-0.05, 0) is 72.5 Å². The van der Waals surface area contributed by atoms with E-state index in [2.05, 4.69) is 119 Å². The molecule has 0 heterocycles. The minimum absolute atomic E-state index is 0.0152. The van der Waals surface area contributed by atoms with Gasteiger partial charge < -0.3 is 9.84 Å². The summed E-state index contributed by atoms with van der Waals surface area (Å²) in [5.74, 6) is -0.159. The molecule has 0 radical (unpaired) electrons. The van der Waals surface area contributed by atoms with E-state index in [4.69, 9.17) is 9.84 Å². The quantitative estimate of drug-likeness (QED) is 0.231. The first-order valence-electron chi connectivity index (χ1n) is 15.7. The summed E-state index contributed by atoms with van der Waals surface area (Å²) in [6, 6.07) is 32.6. The molecule has 3 rings (SSSR count). The molecule has 3 heteroatoms. The van der Waals surface area contributed by atoms with Crippen LogP contribution in [0.2, 0.25) is 0 Å². The Morgan fingerprint density at radius 1 is 0.571 bits per heavy atom. The number of methoxy groups -OCH3 is 1. The first-order chi connectivity index (χ1) is 20.0. The van der Waals surface area contributed by atoms with Crippen LogP contribution in [0.25, 0.3) is 0 Å². The van der Waals surface area contributed by atoms with Crippen LogP contribution in [-0.4, -0.2) is 25.3 Å². The Morgan fingerprint density at radius 2 is 0.857 bits per heavy atom. The van der Waals surface area contributed by atoms with Crippen LogP contribution in [-0.2, 0) is 25.8 Å². The smallest absolute Gasteiger partial charge is 0.311 e. The summed E-state index contributed by atoms with van der Waals surface area (Å²) in [4.78, 5) is 12.8. The van der Waals surface area contributed by atoms with Crippen LogP contribution in [0.15, 0.2) is 91.0 Å². The lowest BCUT2D eigenvalue weighted by atomic mass is 9.57. The number of benzene rings is 3. The summed E-state index contributed by atoms with van der Waals surface area (Å²) in [6.45, 7) is 21.5. The molecule has 0 fully saturated rings. The van der Waals surface area contributed by atoms with E-state index in [1.807, 2.05) is 41.5 Å². The van der Waals surface area contributed by atoms with Gasteiger partial charge in [-0.3, -0.25) is 4.79 Å². The summed E-state index contributed by atoms with van der Waals surface area (Å²) in [5, 5.41) is 7.00. The third kappa shape index (κ3) is 10.4. The average Bonchev–Trinajstić information content (AvgIpc) is 3.04. The van der Waals surface area contributed by atoms with E-state index in [1.54, 1.807) is 0 Å². The number of aliphatic hydroxyl groups excluding tert-OH is 1. The maximum atomic E-state index is 12.8. The van der Waals surface area contributed by atoms with E-state index in [9.17, 15) is 4.79 Å². The first kappa shape index (κ1) is 39.1. The van der Waals surface area contributed by atoms with Gasteiger partial charge in [-0.1, -0.05) is 146 Å². The van der Waals surface area contributed by atoms with Crippen molar-refractivity contribution in [2.45, 2.75) is 111 Å². The fraction of sp³-hybridized carbons (Fsp3) is 0.513. The van der Waals surface area contributed by atoms with Crippen molar-refractivity contribution in [3.63, 3.8) is 0 Å². The zero-order chi connectivity index (χ0) is 32.5. The molecule has 0 saturated carbocycles. The monoisotopic (exact) mass is 576 g/mol. The molecule has 3 unspecified atom stereocenters.